The van der Waals surface area contributed by atoms with Crippen molar-refractivity contribution in [3.8, 4) is 0 Å². The smallest absolute Gasteiger partial charge is 0.240 e. The summed E-state index contributed by atoms with van der Waals surface area (Å²) in [5, 5.41) is 3.32. The largest absolute Gasteiger partial charge is 0.369 e. The Morgan fingerprint density at radius 3 is 3.06 bits per heavy atom. The fraction of sp³-hybridized carbons (Fsp3) is 0.273. The van der Waals surface area contributed by atoms with Gasteiger partial charge in [-0.1, -0.05) is 11.6 Å². The summed E-state index contributed by atoms with van der Waals surface area (Å²) in [7, 11) is 0. The number of aromatic nitrogens is 2. The molecule has 0 radical (unpaired) electrons. The van der Waals surface area contributed by atoms with Crippen molar-refractivity contribution in [1.82, 2.24) is 14.9 Å². The normalized spacial score (nSPS) is 10.7. The summed E-state index contributed by atoms with van der Waals surface area (Å²) in [4.78, 5) is 15.7. The van der Waals surface area contributed by atoms with Crippen molar-refractivity contribution in [3.63, 3.8) is 0 Å². The first-order valence-corrected chi connectivity index (χ1v) is 5.67. The third kappa shape index (κ3) is 2.34. The van der Waals surface area contributed by atoms with E-state index in [-0.39, 0.29) is 12.5 Å². The van der Waals surface area contributed by atoms with Crippen molar-refractivity contribution < 1.29 is 4.79 Å². The lowest BCUT2D eigenvalue weighted by Gasteiger charge is -2.06. The lowest BCUT2D eigenvalue weighted by molar-refractivity contribution is -0.121. The van der Waals surface area contributed by atoms with Gasteiger partial charge in [0.2, 0.25) is 11.9 Å². The van der Waals surface area contributed by atoms with Crippen molar-refractivity contribution >= 4 is 34.5 Å². The Labute approximate surface area is 104 Å². The number of fused-ring (bicyclic) bond motifs is 1. The summed E-state index contributed by atoms with van der Waals surface area (Å²) < 4.78 is 1.66. The van der Waals surface area contributed by atoms with Gasteiger partial charge in [-0.2, -0.15) is 0 Å². The molecular formula is C11H13ClN4O. The Kier molecular flexibility index (Phi) is 3.19. The van der Waals surface area contributed by atoms with Crippen LogP contribution in [0.15, 0.2) is 18.2 Å². The molecule has 0 fully saturated rings. The molecule has 90 valence electrons. The molecule has 2 aromatic rings. The van der Waals surface area contributed by atoms with Gasteiger partial charge in [0.15, 0.2) is 0 Å². The molecule has 0 aliphatic carbocycles. The SMILES string of the molecule is CCNC(=O)Cn1c(N)nc2cc(Cl)ccc21. The van der Waals surface area contributed by atoms with Gasteiger partial charge in [0.25, 0.3) is 0 Å². The second kappa shape index (κ2) is 4.63. The van der Waals surface area contributed by atoms with Gasteiger partial charge in [-0.15, -0.1) is 0 Å². The number of halogens is 1. The van der Waals surface area contributed by atoms with E-state index in [1.54, 1.807) is 22.8 Å². The van der Waals surface area contributed by atoms with Gasteiger partial charge in [-0.25, -0.2) is 4.98 Å². The average molecular weight is 253 g/mol. The zero-order chi connectivity index (χ0) is 12.4. The minimum absolute atomic E-state index is 0.0894. The number of carbonyl (C=O) groups excluding carboxylic acids is 1. The summed E-state index contributed by atoms with van der Waals surface area (Å²) >= 11 is 5.87. The van der Waals surface area contributed by atoms with E-state index in [0.717, 1.165) is 5.52 Å². The highest BCUT2D eigenvalue weighted by Gasteiger charge is 2.11. The Balaban J connectivity index is 2.39. The van der Waals surface area contributed by atoms with E-state index in [9.17, 15) is 4.79 Å². The summed E-state index contributed by atoms with van der Waals surface area (Å²) in [5.41, 5.74) is 7.27. The Morgan fingerprint density at radius 2 is 2.35 bits per heavy atom. The molecule has 1 aromatic heterocycles. The predicted octanol–water partition coefficient (Wildman–Crippen LogP) is 1.41. The molecule has 2 rings (SSSR count). The number of imidazole rings is 1. The van der Waals surface area contributed by atoms with Crippen molar-refractivity contribution in [3.05, 3.63) is 23.2 Å². The number of nitrogens with two attached hydrogens (primary N) is 1. The van der Waals surface area contributed by atoms with Gasteiger partial charge >= 0.3 is 0 Å². The highest BCUT2D eigenvalue weighted by atomic mass is 35.5. The lowest BCUT2D eigenvalue weighted by atomic mass is 10.3. The van der Waals surface area contributed by atoms with Crippen LogP contribution in [-0.4, -0.2) is 22.0 Å². The van der Waals surface area contributed by atoms with Crippen molar-refractivity contribution in [2.75, 3.05) is 12.3 Å². The maximum absolute atomic E-state index is 11.5. The van der Waals surface area contributed by atoms with Crippen LogP contribution in [0.5, 0.6) is 0 Å². The van der Waals surface area contributed by atoms with E-state index in [0.29, 0.717) is 23.0 Å². The summed E-state index contributed by atoms with van der Waals surface area (Å²) in [6.07, 6.45) is 0. The number of rotatable bonds is 3. The molecule has 0 aliphatic rings. The molecule has 6 heteroatoms. The molecule has 1 aromatic carbocycles. The van der Waals surface area contributed by atoms with E-state index >= 15 is 0 Å². The minimum Gasteiger partial charge on any atom is -0.369 e. The van der Waals surface area contributed by atoms with Crippen LogP contribution in [0.2, 0.25) is 5.02 Å². The highest BCUT2D eigenvalue weighted by Crippen LogP contribution is 2.21. The van der Waals surface area contributed by atoms with Crippen molar-refractivity contribution in [2.24, 2.45) is 0 Å². The maximum Gasteiger partial charge on any atom is 0.240 e. The first-order valence-electron chi connectivity index (χ1n) is 5.29. The van der Waals surface area contributed by atoms with Crippen LogP contribution in [0.3, 0.4) is 0 Å². The van der Waals surface area contributed by atoms with Crippen LogP contribution in [0.4, 0.5) is 5.95 Å². The third-order valence-corrected chi connectivity index (χ3v) is 2.65. The zero-order valence-electron chi connectivity index (χ0n) is 9.40. The lowest BCUT2D eigenvalue weighted by Crippen LogP contribution is -2.27. The van der Waals surface area contributed by atoms with E-state index in [2.05, 4.69) is 10.3 Å². The molecular weight excluding hydrogens is 240 g/mol. The molecule has 3 N–H and O–H groups in total. The number of anilines is 1. The van der Waals surface area contributed by atoms with Gasteiger partial charge in [0, 0.05) is 11.6 Å². The van der Waals surface area contributed by atoms with Crippen LogP contribution in [0.1, 0.15) is 6.92 Å². The molecule has 1 heterocycles. The van der Waals surface area contributed by atoms with Crippen LogP contribution in [0, 0.1) is 0 Å². The molecule has 0 atom stereocenters. The molecule has 0 aliphatic heterocycles. The fourth-order valence-electron chi connectivity index (χ4n) is 1.68. The van der Waals surface area contributed by atoms with E-state index < -0.39 is 0 Å². The fourth-order valence-corrected chi connectivity index (χ4v) is 1.85. The molecule has 0 unspecified atom stereocenters. The molecule has 0 spiro atoms. The quantitative estimate of drug-likeness (QED) is 0.868. The summed E-state index contributed by atoms with van der Waals surface area (Å²) in [6.45, 7) is 2.63. The van der Waals surface area contributed by atoms with Gasteiger partial charge in [-0.3, -0.25) is 4.79 Å². The predicted molar refractivity (Wildman–Crippen MR) is 67.8 cm³/mol. The van der Waals surface area contributed by atoms with Crippen LogP contribution in [-0.2, 0) is 11.3 Å². The van der Waals surface area contributed by atoms with Crippen molar-refractivity contribution in [1.29, 1.82) is 0 Å². The Hall–Kier alpha value is -1.75. The van der Waals surface area contributed by atoms with Crippen LogP contribution < -0.4 is 11.1 Å². The minimum atomic E-state index is -0.0894. The number of amides is 1. The Morgan fingerprint density at radius 1 is 1.59 bits per heavy atom. The first-order chi connectivity index (χ1) is 8.11. The first kappa shape index (κ1) is 11.7. The second-order valence-electron chi connectivity index (χ2n) is 3.64. The standard InChI is InChI=1S/C11H13ClN4O/c1-2-14-10(17)6-16-9-4-3-7(12)5-8(9)15-11(16)13/h3-5H,2,6H2,1H3,(H2,13,15)(H,14,17). The molecule has 5 nitrogen and oxygen atoms in total. The van der Waals surface area contributed by atoms with Gasteiger partial charge in [0.05, 0.1) is 11.0 Å². The van der Waals surface area contributed by atoms with Gasteiger partial charge < -0.3 is 15.6 Å². The molecule has 0 bridgehead atoms. The average Bonchev–Trinajstić information content (AvgIpc) is 2.55. The molecule has 17 heavy (non-hydrogen) atoms. The third-order valence-electron chi connectivity index (χ3n) is 2.42. The van der Waals surface area contributed by atoms with Crippen molar-refractivity contribution in [2.45, 2.75) is 13.5 Å². The maximum atomic E-state index is 11.5. The van der Waals surface area contributed by atoms with E-state index in [1.807, 2.05) is 6.92 Å². The molecule has 0 saturated carbocycles. The van der Waals surface area contributed by atoms with E-state index in [4.69, 9.17) is 17.3 Å². The van der Waals surface area contributed by atoms with Gasteiger partial charge in [0.1, 0.15) is 6.54 Å². The monoisotopic (exact) mass is 252 g/mol. The van der Waals surface area contributed by atoms with E-state index in [1.165, 1.54) is 0 Å². The number of nitrogens with zero attached hydrogens (tertiary/aromatic N) is 2. The highest BCUT2D eigenvalue weighted by molar-refractivity contribution is 6.31. The summed E-state index contributed by atoms with van der Waals surface area (Å²) in [6, 6.07) is 5.28. The summed E-state index contributed by atoms with van der Waals surface area (Å²) in [5.74, 6) is 0.224. The number of carbonyl (C=O) groups is 1. The van der Waals surface area contributed by atoms with Gasteiger partial charge in [-0.05, 0) is 25.1 Å². The number of nitrogen functional groups attached to an aromatic ring is 1. The van der Waals surface area contributed by atoms with Crippen LogP contribution in [0.25, 0.3) is 11.0 Å². The molecule has 1 amide bonds. The zero-order valence-corrected chi connectivity index (χ0v) is 10.2. The Bertz CT molecular complexity index is 564. The topological polar surface area (TPSA) is 72.9 Å². The number of likely N-dealkylation sites (N-methyl/N-ethyl adjacent to an activating group) is 1. The molecule has 0 saturated heterocycles. The number of hydrogen-bond donors (Lipinski definition) is 2. The number of nitrogens with one attached hydrogen (secondary N) is 1. The second-order valence-corrected chi connectivity index (χ2v) is 4.08. The number of benzene rings is 1. The number of hydrogen-bond acceptors (Lipinski definition) is 3. The van der Waals surface area contributed by atoms with Crippen LogP contribution >= 0.6 is 11.6 Å².